The van der Waals surface area contributed by atoms with Crippen LogP contribution in [0, 0.1) is 10.1 Å². The summed E-state index contributed by atoms with van der Waals surface area (Å²) in [5.74, 6) is 0.102. The summed E-state index contributed by atoms with van der Waals surface area (Å²) in [5.41, 5.74) is 4.30. The van der Waals surface area contributed by atoms with Crippen molar-refractivity contribution >= 4 is 22.3 Å². The zero-order chi connectivity index (χ0) is 25.1. The Hall–Kier alpha value is -4.91. The molecule has 5 aromatic rings. The third-order valence-corrected chi connectivity index (χ3v) is 6.10. The number of fused-ring (bicyclic) bond motifs is 1. The van der Waals surface area contributed by atoms with Crippen LogP contribution in [-0.4, -0.2) is 20.1 Å². The standard InChI is InChI=1S/C29H23N3O4/c33-27-12-5-4-9-22(27)18-31(19-23-17-24(32(35)36)14-16-28(23)34)26-11-6-10-21-13-15-25(30-29(21)26)20-7-2-1-3-8-20/h1-17,33-34H,18-19H2. The molecule has 0 atom stereocenters. The van der Waals surface area contributed by atoms with Gasteiger partial charge in [-0.1, -0.05) is 66.7 Å². The average molecular weight is 478 g/mol. The molecule has 0 spiro atoms. The van der Waals surface area contributed by atoms with E-state index in [1.807, 2.05) is 77.7 Å². The second-order valence-electron chi connectivity index (χ2n) is 8.47. The van der Waals surface area contributed by atoms with Crippen LogP contribution in [0.15, 0.2) is 103 Å². The minimum absolute atomic E-state index is 0.0407. The summed E-state index contributed by atoms with van der Waals surface area (Å²) in [6.07, 6.45) is 0. The molecule has 2 N–H and O–H groups in total. The highest BCUT2D eigenvalue weighted by Crippen LogP contribution is 2.33. The van der Waals surface area contributed by atoms with Crippen molar-refractivity contribution in [1.29, 1.82) is 0 Å². The molecule has 0 radical (unpaired) electrons. The summed E-state index contributed by atoms with van der Waals surface area (Å²) in [4.78, 5) is 17.8. The van der Waals surface area contributed by atoms with Crippen molar-refractivity contribution in [3.05, 3.63) is 124 Å². The molecule has 4 aromatic carbocycles. The van der Waals surface area contributed by atoms with E-state index in [9.17, 15) is 20.3 Å². The smallest absolute Gasteiger partial charge is 0.270 e. The number of hydrogen-bond donors (Lipinski definition) is 2. The van der Waals surface area contributed by atoms with Crippen LogP contribution >= 0.6 is 0 Å². The number of non-ortho nitro benzene ring substituents is 1. The lowest BCUT2D eigenvalue weighted by Gasteiger charge is -2.27. The maximum absolute atomic E-state index is 11.4. The lowest BCUT2D eigenvalue weighted by atomic mass is 10.1. The second kappa shape index (κ2) is 9.76. The van der Waals surface area contributed by atoms with Crippen LogP contribution in [0.2, 0.25) is 0 Å². The molecule has 1 aromatic heterocycles. The summed E-state index contributed by atoms with van der Waals surface area (Å²) in [5, 5.41) is 33.3. The van der Waals surface area contributed by atoms with E-state index < -0.39 is 4.92 Å². The first-order valence-corrected chi connectivity index (χ1v) is 11.4. The monoisotopic (exact) mass is 477 g/mol. The number of pyridine rings is 1. The van der Waals surface area contributed by atoms with Crippen molar-refractivity contribution in [2.24, 2.45) is 0 Å². The molecule has 0 aliphatic carbocycles. The highest BCUT2D eigenvalue weighted by Gasteiger charge is 2.18. The number of phenolic OH excluding ortho intramolecular Hbond substituents is 2. The fourth-order valence-corrected chi connectivity index (χ4v) is 4.25. The van der Waals surface area contributed by atoms with Crippen molar-refractivity contribution in [1.82, 2.24) is 4.98 Å². The van der Waals surface area contributed by atoms with Gasteiger partial charge in [0.15, 0.2) is 0 Å². The zero-order valence-corrected chi connectivity index (χ0v) is 19.3. The molecule has 1 heterocycles. The number of aromatic hydroxyl groups is 2. The Morgan fingerprint density at radius 1 is 0.750 bits per heavy atom. The van der Waals surface area contributed by atoms with Gasteiger partial charge in [0, 0.05) is 47.3 Å². The van der Waals surface area contributed by atoms with Crippen molar-refractivity contribution in [2.75, 3.05) is 4.90 Å². The molecule has 178 valence electrons. The van der Waals surface area contributed by atoms with Crippen LogP contribution in [-0.2, 0) is 13.1 Å². The van der Waals surface area contributed by atoms with E-state index >= 15 is 0 Å². The predicted octanol–water partition coefficient (Wildman–Crippen LogP) is 6.43. The molecular weight excluding hydrogens is 454 g/mol. The number of hydrogen-bond acceptors (Lipinski definition) is 6. The maximum atomic E-state index is 11.4. The molecule has 36 heavy (non-hydrogen) atoms. The van der Waals surface area contributed by atoms with Gasteiger partial charge in [-0.2, -0.15) is 0 Å². The molecule has 0 fully saturated rings. The van der Waals surface area contributed by atoms with Gasteiger partial charge in [0.2, 0.25) is 0 Å². The van der Waals surface area contributed by atoms with Gasteiger partial charge >= 0.3 is 0 Å². The Morgan fingerprint density at radius 2 is 1.47 bits per heavy atom. The van der Waals surface area contributed by atoms with E-state index in [1.165, 1.54) is 18.2 Å². The van der Waals surface area contributed by atoms with Crippen LogP contribution < -0.4 is 4.90 Å². The number of nitrogens with zero attached hydrogens (tertiary/aromatic N) is 3. The van der Waals surface area contributed by atoms with Crippen molar-refractivity contribution in [2.45, 2.75) is 13.1 Å². The number of nitro benzene ring substituents is 1. The van der Waals surface area contributed by atoms with Gasteiger partial charge in [0.05, 0.1) is 21.8 Å². The molecule has 0 unspecified atom stereocenters. The number of aromatic nitrogens is 1. The lowest BCUT2D eigenvalue weighted by molar-refractivity contribution is -0.384. The van der Waals surface area contributed by atoms with Gasteiger partial charge in [-0.3, -0.25) is 10.1 Å². The van der Waals surface area contributed by atoms with E-state index in [0.29, 0.717) is 17.7 Å². The number of anilines is 1. The normalized spacial score (nSPS) is 10.9. The Morgan fingerprint density at radius 3 is 2.25 bits per heavy atom. The van der Waals surface area contributed by atoms with Gasteiger partial charge in [-0.05, 0) is 24.3 Å². The first kappa shape index (κ1) is 22.9. The van der Waals surface area contributed by atoms with Crippen molar-refractivity contribution in [3.8, 4) is 22.8 Å². The van der Waals surface area contributed by atoms with Gasteiger partial charge in [0.25, 0.3) is 5.69 Å². The van der Waals surface area contributed by atoms with E-state index in [4.69, 9.17) is 4.98 Å². The van der Waals surface area contributed by atoms with E-state index in [2.05, 4.69) is 0 Å². The number of rotatable bonds is 7. The quantitative estimate of drug-likeness (QED) is 0.207. The minimum atomic E-state index is -0.484. The predicted molar refractivity (Wildman–Crippen MR) is 140 cm³/mol. The fourth-order valence-electron chi connectivity index (χ4n) is 4.25. The summed E-state index contributed by atoms with van der Waals surface area (Å²) < 4.78 is 0. The van der Waals surface area contributed by atoms with E-state index in [0.717, 1.165) is 27.8 Å². The maximum Gasteiger partial charge on any atom is 0.270 e. The molecule has 0 aliphatic rings. The largest absolute Gasteiger partial charge is 0.508 e. The molecule has 7 heteroatoms. The first-order valence-electron chi connectivity index (χ1n) is 11.4. The van der Waals surface area contributed by atoms with Crippen LogP contribution in [0.5, 0.6) is 11.5 Å². The van der Waals surface area contributed by atoms with Crippen LogP contribution in [0.4, 0.5) is 11.4 Å². The molecule has 7 nitrogen and oxygen atoms in total. The topological polar surface area (TPSA) is 99.7 Å². The molecule has 0 bridgehead atoms. The fraction of sp³-hybridized carbons (Fsp3) is 0.0690. The third-order valence-electron chi connectivity index (χ3n) is 6.10. The summed E-state index contributed by atoms with van der Waals surface area (Å²) in [7, 11) is 0. The van der Waals surface area contributed by atoms with E-state index in [1.54, 1.807) is 12.1 Å². The highest BCUT2D eigenvalue weighted by molar-refractivity contribution is 5.92. The van der Waals surface area contributed by atoms with Gasteiger partial charge < -0.3 is 15.1 Å². The molecule has 0 saturated carbocycles. The Bertz CT molecular complexity index is 1550. The van der Waals surface area contributed by atoms with Crippen LogP contribution in [0.3, 0.4) is 0 Å². The molecule has 0 amide bonds. The third kappa shape index (κ3) is 4.67. The lowest BCUT2D eigenvalue weighted by Crippen LogP contribution is -2.23. The number of nitro groups is 1. The van der Waals surface area contributed by atoms with E-state index in [-0.39, 0.29) is 23.7 Å². The SMILES string of the molecule is O=[N+]([O-])c1ccc(O)c(CN(Cc2ccccc2O)c2cccc3ccc(-c4ccccc4)nc23)c1. The molecule has 0 saturated heterocycles. The van der Waals surface area contributed by atoms with Gasteiger partial charge in [-0.15, -0.1) is 0 Å². The number of para-hydroxylation sites is 2. The van der Waals surface area contributed by atoms with Gasteiger partial charge in [-0.25, -0.2) is 4.98 Å². The Balaban J connectivity index is 1.64. The molecular formula is C29H23N3O4. The van der Waals surface area contributed by atoms with Crippen LogP contribution in [0.1, 0.15) is 11.1 Å². The first-order chi connectivity index (χ1) is 17.5. The Kier molecular flexibility index (Phi) is 6.19. The second-order valence-corrected chi connectivity index (χ2v) is 8.47. The highest BCUT2D eigenvalue weighted by atomic mass is 16.6. The summed E-state index contributed by atoms with van der Waals surface area (Å²) in [6.45, 7) is 0.462. The van der Waals surface area contributed by atoms with Gasteiger partial charge in [0.1, 0.15) is 11.5 Å². The average Bonchev–Trinajstić information content (AvgIpc) is 2.90. The number of benzene rings is 4. The molecule has 5 rings (SSSR count). The Labute approximate surface area is 207 Å². The van der Waals surface area contributed by atoms with Crippen LogP contribution in [0.25, 0.3) is 22.2 Å². The summed E-state index contributed by atoms with van der Waals surface area (Å²) >= 11 is 0. The van der Waals surface area contributed by atoms with Crippen molar-refractivity contribution in [3.63, 3.8) is 0 Å². The van der Waals surface area contributed by atoms with Crippen molar-refractivity contribution < 1.29 is 15.1 Å². The minimum Gasteiger partial charge on any atom is -0.508 e. The summed E-state index contributed by atoms with van der Waals surface area (Å²) in [6, 6.07) is 30.7. The number of phenols is 2. The zero-order valence-electron chi connectivity index (χ0n) is 19.3. The molecule has 0 aliphatic heterocycles.